The predicted octanol–water partition coefficient (Wildman–Crippen LogP) is 12.4. The fourth-order valence-corrected chi connectivity index (χ4v) is 8.81. The minimum atomic E-state index is 0.602. The maximum absolute atomic E-state index is 11.0. The van der Waals surface area contributed by atoms with Crippen LogP contribution in [0.2, 0.25) is 0 Å². The maximum atomic E-state index is 11.0. The smallest absolute Gasteiger partial charge is 0.102 e. The Morgan fingerprint density at radius 2 is 0.873 bits per heavy atom. The zero-order valence-electron chi connectivity index (χ0n) is 29.5. The number of nitrogens with zero attached hydrogens (tertiary/aromatic N) is 5. The number of fused-ring (bicyclic) bond motifs is 9. The van der Waals surface area contributed by atoms with E-state index < -0.39 is 0 Å². The second-order valence-corrected chi connectivity index (χ2v) is 14.0. The zero-order valence-corrected chi connectivity index (χ0v) is 29.5. The minimum Gasteiger partial charge on any atom is -0.309 e. The van der Waals surface area contributed by atoms with Gasteiger partial charge in [-0.15, -0.1) is 0 Å². The van der Waals surface area contributed by atoms with Crippen molar-refractivity contribution in [1.82, 2.24) is 13.7 Å². The van der Waals surface area contributed by atoms with E-state index in [0.29, 0.717) is 11.1 Å². The predicted molar refractivity (Wildman–Crippen MR) is 224 cm³/mol. The van der Waals surface area contributed by atoms with Gasteiger partial charge in [-0.3, -0.25) is 0 Å². The molecule has 0 saturated carbocycles. The molecule has 8 aromatic carbocycles. The molecule has 11 aromatic rings. The first-order valence-electron chi connectivity index (χ1n) is 18.3. The van der Waals surface area contributed by atoms with Gasteiger partial charge in [0.05, 0.1) is 61.7 Å². The van der Waals surface area contributed by atoms with Crippen LogP contribution >= 0.6 is 0 Å². The molecular weight excluding hydrogens is 671 g/mol. The van der Waals surface area contributed by atoms with Crippen molar-refractivity contribution in [1.29, 1.82) is 10.5 Å². The Bertz CT molecular complexity index is 3400. The topological polar surface area (TPSA) is 62.4 Å². The monoisotopic (exact) mass is 699 g/mol. The second-order valence-electron chi connectivity index (χ2n) is 14.0. The summed E-state index contributed by atoms with van der Waals surface area (Å²) in [6.07, 6.45) is 0. The van der Waals surface area contributed by atoms with Crippen LogP contribution in [0.25, 0.3) is 93.6 Å². The number of benzene rings is 8. The third kappa shape index (κ3) is 4.39. The molecule has 3 aromatic heterocycles. The Morgan fingerprint density at radius 3 is 1.51 bits per heavy atom. The Balaban J connectivity index is 1.14. The largest absolute Gasteiger partial charge is 0.309 e. The molecule has 0 saturated heterocycles. The van der Waals surface area contributed by atoms with Crippen LogP contribution in [0.15, 0.2) is 176 Å². The van der Waals surface area contributed by atoms with Gasteiger partial charge < -0.3 is 13.7 Å². The van der Waals surface area contributed by atoms with E-state index in [9.17, 15) is 10.5 Å². The molecule has 3 heterocycles. The lowest BCUT2D eigenvalue weighted by molar-refractivity contribution is 1.12. The molecule has 0 amide bonds. The van der Waals surface area contributed by atoms with E-state index in [1.54, 1.807) is 0 Å². The van der Waals surface area contributed by atoms with Gasteiger partial charge in [0.15, 0.2) is 0 Å². The highest BCUT2D eigenvalue weighted by molar-refractivity contribution is 6.15. The number of hydrogen-bond donors (Lipinski definition) is 0. The molecule has 0 bridgehead atoms. The van der Waals surface area contributed by atoms with Gasteiger partial charge in [-0.25, -0.2) is 0 Å². The third-order valence-electron chi connectivity index (χ3n) is 11.1. The van der Waals surface area contributed by atoms with Crippen LogP contribution in [-0.4, -0.2) is 13.7 Å². The van der Waals surface area contributed by atoms with Gasteiger partial charge in [-0.05, 0) is 72.3 Å². The molecule has 0 radical (unpaired) electrons. The van der Waals surface area contributed by atoms with Crippen molar-refractivity contribution in [2.24, 2.45) is 0 Å². The molecule has 11 rings (SSSR count). The zero-order chi connectivity index (χ0) is 36.6. The van der Waals surface area contributed by atoms with E-state index in [-0.39, 0.29) is 0 Å². The molecule has 254 valence electrons. The lowest BCUT2D eigenvalue weighted by atomic mass is 9.98. The number of hydrogen-bond acceptors (Lipinski definition) is 2. The van der Waals surface area contributed by atoms with Gasteiger partial charge in [0.1, 0.15) is 6.07 Å². The molecule has 0 fully saturated rings. The normalized spacial score (nSPS) is 11.6. The molecule has 0 atom stereocenters. The molecule has 0 N–H and O–H groups in total. The van der Waals surface area contributed by atoms with Crippen molar-refractivity contribution >= 4 is 65.4 Å². The summed E-state index contributed by atoms with van der Waals surface area (Å²) in [6.45, 7) is 0. The van der Waals surface area contributed by atoms with Crippen molar-refractivity contribution in [3.63, 3.8) is 0 Å². The van der Waals surface area contributed by atoms with Crippen LogP contribution in [0.4, 0.5) is 0 Å². The second kappa shape index (κ2) is 11.8. The van der Waals surface area contributed by atoms with Crippen molar-refractivity contribution in [2.75, 3.05) is 0 Å². The first-order chi connectivity index (χ1) is 27.2. The summed E-state index contributed by atoms with van der Waals surface area (Å²) in [5.41, 5.74) is 12.4. The van der Waals surface area contributed by atoms with Crippen molar-refractivity contribution in [3.05, 3.63) is 187 Å². The first kappa shape index (κ1) is 30.7. The van der Waals surface area contributed by atoms with E-state index in [1.165, 1.54) is 10.8 Å². The average Bonchev–Trinajstić information content (AvgIpc) is 3.89. The highest BCUT2D eigenvalue weighted by atomic mass is 15.1. The molecule has 0 aliphatic heterocycles. The first-order valence-corrected chi connectivity index (χ1v) is 18.3. The van der Waals surface area contributed by atoms with Crippen LogP contribution in [0, 0.1) is 22.7 Å². The Labute approximate surface area is 316 Å². The number of aromatic nitrogens is 3. The van der Waals surface area contributed by atoms with E-state index >= 15 is 0 Å². The summed E-state index contributed by atoms with van der Waals surface area (Å²) in [5, 5.41) is 27.6. The molecule has 0 unspecified atom stereocenters. The molecule has 55 heavy (non-hydrogen) atoms. The maximum Gasteiger partial charge on any atom is 0.102 e. The van der Waals surface area contributed by atoms with Crippen LogP contribution < -0.4 is 0 Å². The van der Waals surface area contributed by atoms with Gasteiger partial charge in [0, 0.05) is 43.6 Å². The van der Waals surface area contributed by atoms with Crippen LogP contribution in [-0.2, 0) is 0 Å². The Hall–Kier alpha value is -7.86. The summed E-state index contributed by atoms with van der Waals surface area (Å²) in [7, 11) is 0. The Kier molecular flexibility index (Phi) is 6.61. The quantitative estimate of drug-likeness (QED) is 0.184. The van der Waals surface area contributed by atoms with Gasteiger partial charge in [-0.1, -0.05) is 109 Å². The van der Waals surface area contributed by atoms with Gasteiger partial charge in [-0.2, -0.15) is 10.5 Å². The minimum absolute atomic E-state index is 0.602. The summed E-state index contributed by atoms with van der Waals surface area (Å²) in [5.74, 6) is 0. The van der Waals surface area contributed by atoms with Gasteiger partial charge >= 0.3 is 0 Å². The molecule has 5 heteroatoms. The van der Waals surface area contributed by atoms with E-state index in [2.05, 4.69) is 171 Å². The summed E-state index contributed by atoms with van der Waals surface area (Å²) in [6, 6.07) is 65.9. The van der Waals surface area contributed by atoms with Crippen LogP contribution in [0.3, 0.4) is 0 Å². The lowest BCUT2D eigenvalue weighted by Crippen LogP contribution is -2.03. The highest BCUT2D eigenvalue weighted by Crippen LogP contribution is 2.41. The molecule has 0 spiro atoms. The van der Waals surface area contributed by atoms with Crippen molar-refractivity contribution in [2.45, 2.75) is 0 Å². The summed E-state index contributed by atoms with van der Waals surface area (Å²) in [4.78, 5) is 0. The van der Waals surface area contributed by atoms with Crippen LogP contribution in [0.1, 0.15) is 11.1 Å². The van der Waals surface area contributed by atoms with Gasteiger partial charge in [0.25, 0.3) is 0 Å². The Morgan fingerprint density at radius 1 is 0.364 bits per heavy atom. The molecule has 0 aliphatic rings. The van der Waals surface area contributed by atoms with Crippen LogP contribution in [0.5, 0.6) is 0 Å². The van der Waals surface area contributed by atoms with E-state index in [4.69, 9.17) is 0 Å². The van der Waals surface area contributed by atoms with Gasteiger partial charge in [0.2, 0.25) is 0 Å². The fourth-order valence-electron chi connectivity index (χ4n) is 8.81. The number of para-hydroxylation sites is 5. The summed E-state index contributed by atoms with van der Waals surface area (Å²) < 4.78 is 6.87. The molecule has 5 nitrogen and oxygen atoms in total. The van der Waals surface area contributed by atoms with Crippen molar-refractivity contribution < 1.29 is 0 Å². The SMILES string of the molecule is N#Cc1ccc2c(c1)c1ccccc1n2-c1cccc2c3ccccc3n(-c3cccc(-c4ccc(-n5c6ccccc6c6ccccc65)cc4)c3C#N)c12. The number of rotatable bonds is 4. The summed E-state index contributed by atoms with van der Waals surface area (Å²) >= 11 is 0. The standard InChI is InChI=1S/C50H29N5/c51-30-32-23-28-48-41(29-32)39-14-4-7-19-45(39)54(48)49-22-10-16-40-38-13-3-8-20-46(38)55(50(40)49)47-21-9-15-35(42(47)31-52)33-24-26-34(27-25-33)53-43-17-5-1-11-36(43)37-12-2-6-18-44(37)53/h1-29H. The molecule has 0 aliphatic carbocycles. The van der Waals surface area contributed by atoms with E-state index in [1.807, 2.05) is 30.3 Å². The third-order valence-corrected chi connectivity index (χ3v) is 11.1. The van der Waals surface area contributed by atoms with Crippen molar-refractivity contribution in [3.8, 4) is 40.3 Å². The fraction of sp³-hybridized carbons (Fsp3) is 0. The lowest BCUT2D eigenvalue weighted by Gasteiger charge is -2.17. The highest BCUT2D eigenvalue weighted by Gasteiger charge is 2.22. The molecular formula is C50H29N5. The average molecular weight is 700 g/mol. The number of nitriles is 2. The van der Waals surface area contributed by atoms with E-state index in [0.717, 1.165) is 82.8 Å².